The van der Waals surface area contributed by atoms with Gasteiger partial charge in [-0.05, 0) is 61.6 Å². The third-order valence-corrected chi connectivity index (χ3v) is 5.72. The molecule has 1 saturated carbocycles. The highest BCUT2D eigenvalue weighted by Crippen LogP contribution is 2.44. The summed E-state index contributed by atoms with van der Waals surface area (Å²) in [5.41, 5.74) is 1.70. The van der Waals surface area contributed by atoms with E-state index in [-0.39, 0.29) is 24.0 Å². The monoisotopic (exact) mass is 503 g/mol. The van der Waals surface area contributed by atoms with E-state index in [1.807, 2.05) is 12.1 Å². The average molecular weight is 503 g/mol. The minimum Gasteiger partial charge on any atom is -0.497 e. The normalized spacial score (nSPS) is 16.5. The summed E-state index contributed by atoms with van der Waals surface area (Å²) in [6.07, 6.45) is 6.04. The Kier molecular flexibility index (Phi) is 11.8. The number of hydrogen-bond acceptors (Lipinski definition) is 3. The lowest BCUT2D eigenvalue weighted by molar-refractivity contribution is 0.0778. The van der Waals surface area contributed by atoms with Gasteiger partial charge in [0.1, 0.15) is 5.75 Å². The molecule has 2 N–H and O–H groups in total. The fourth-order valence-corrected chi connectivity index (χ4v) is 3.58. The zero-order valence-corrected chi connectivity index (χ0v) is 20.3. The van der Waals surface area contributed by atoms with E-state index in [0.29, 0.717) is 11.3 Å². The van der Waals surface area contributed by atoms with E-state index in [2.05, 4.69) is 36.6 Å². The number of guanidine groups is 1. The van der Waals surface area contributed by atoms with Crippen molar-refractivity contribution in [2.24, 2.45) is 10.4 Å². The average Bonchev–Trinajstić information content (AvgIpc) is 2.66. The number of halogens is 1. The van der Waals surface area contributed by atoms with E-state index < -0.39 is 0 Å². The van der Waals surface area contributed by atoms with Gasteiger partial charge in [-0.2, -0.15) is 0 Å². The van der Waals surface area contributed by atoms with Crippen molar-refractivity contribution < 1.29 is 9.47 Å². The standard InChI is InChI=1S/C22H37N3O2.HI/c1-5-23-21(25-17-22(12-6-13-22)14-16-26-3)24-15-11-18(2)19-7-9-20(27-4)10-8-19;/h7-10,18H,5-6,11-17H2,1-4H3,(H2,23,24,25);1H. The molecule has 6 heteroatoms. The Morgan fingerprint density at radius 3 is 2.43 bits per heavy atom. The van der Waals surface area contributed by atoms with Crippen LogP contribution in [0.25, 0.3) is 0 Å². The predicted octanol–water partition coefficient (Wildman–Crippen LogP) is 4.57. The molecule has 0 heterocycles. The molecule has 0 aromatic heterocycles. The zero-order valence-electron chi connectivity index (χ0n) is 17.9. The second-order valence-corrected chi connectivity index (χ2v) is 7.68. The fraction of sp³-hybridized carbons (Fsp3) is 0.682. The minimum atomic E-state index is 0. The lowest BCUT2D eigenvalue weighted by Crippen LogP contribution is -2.40. The quantitative estimate of drug-likeness (QED) is 0.264. The van der Waals surface area contributed by atoms with Crippen molar-refractivity contribution in [1.29, 1.82) is 0 Å². The highest BCUT2D eigenvalue weighted by molar-refractivity contribution is 14.0. The Morgan fingerprint density at radius 1 is 1.18 bits per heavy atom. The van der Waals surface area contributed by atoms with Crippen molar-refractivity contribution in [3.8, 4) is 5.75 Å². The molecule has 1 aliphatic rings. The number of hydrogen-bond donors (Lipinski definition) is 2. The van der Waals surface area contributed by atoms with Gasteiger partial charge in [-0.1, -0.05) is 25.5 Å². The number of rotatable bonds is 11. The van der Waals surface area contributed by atoms with Crippen LogP contribution in [0.1, 0.15) is 57.4 Å². The Balaban J connectivity index is 0.00000392. The van der Waals surface area contributed by atoms with Gasteiger partial charge < -0.3 is 20.1 Å². The zero-order chi connectivity index (χ0) is 19.5. The van der Waals surface area contributed by atoms with Gasteiger partial charge in [-0.15, -0.1) is 24.0 Å². The van der Waals surface area contributed by atoms with E-state index >= 15 is 0 Å². The number of benzene rings is 1. The molecule has 0 spiro atoms. The SMILES string of the molecule is CCNC(=NCC1(CCOC)CCC1)NCCC(C)c1ccc(OC)cc1.I. The van der Waals surface area contributed by atoms with Crippen LogP contribution in [0.2, 0.25) is 0 Å². The summed E-state index contributed by atoms with van der Waals surface area (Å²) in [6, 6.07) is 8.36. The molecule has 0 radical (unpaired) electrons. The summed E-state index contributed by atoms with van der Waals surface area (Å²) in [5, 5.41) is 6.88. The van der Waals surface area contributed by atoms with Crippen LogP contribution in [0.3, 0.4) is 0 Å². The molecular weight excluding hydrogens is 465 g/mol. The van der Waals surface area contributed by atoms with E-state index in [4.69, 9.17) is 14.5 Å². The summed E-state index contributed by atoms with van der Waals surface area (Å²) >= 11 is 0. The highest BCUT2D eigenvalue weighted by Gasteiger charge is 2.36. The number of ether oxygens (including phenoxy) is 2. The lowest BCUT2D eigenvalue weighted by Gasteiger charge is -2.40. The van der Waals surface area contributed by atoms with Crippen LogP contribution in [0.4, 0.5) is 0 Å². The second kappa shape index (κ2) is 13.2. The number of methoxy groups -OCH3 is 2. The first-order valence-electron chi connectivity index (χ1n) is 10.3. The van der Waals surface area contributed by atoms with Gasteiger partial charge in [-0.25, -0.2) is 0 Å². The maximum Gasteiger partial charge on any atom is 0.191 e. The van der Waals surface area contributed by atoms with Crippen molar-refractivity contribution in [2.45, 2.75) is 51.9 Å². The van der Waals surface area contributed by atoms with Crippen molar-refractivity contribution in [3.63, 3.8) is 0 Å². The molecule has 160 valence electrons. The number of nitrogens with one attached hydrogen (secondary N) is 2. The van der Waals surface area contributed by atoms with Crippen molar-refractivity contribution >= 4 is 29.9 Å². The number of aliphatic imine (C=N–C) groups is 1. The van der Waals surface area contributed by atoms with Crippen molar-refractivity contribution in [1.82, 2.24) is 10.6 Å². The molecule has 1 fully saturated rings. The van der Waals surface area contributed by atoms with Crippen molar-refractivity contribution in [3.05, 3.63) is 29.8 Å². The van der Waals surface area contributed by atoms with Crippen LogP contribution in [0.15, 0.2) is 29.3 Å². The van der Waals surface area contributed by atoms with Gasteiger partial charge >= 0.3 is 0 Å². The van der Waals surface area contributed by atoms with Gasteiger partial charge in [0.05, 0.1) is 7.11 Å². The molecule has 5 nitrogen and oxygen atoms in total. The van der Waals surface area contributed by atoms with Gasteiger partial charge in [0.2, 0.25) is 0 Å². The molecular formula is C22H38IN3O2. The molecule has 1 aromatic carbocycles. The smallest absolute Gasteiger partial charge is 0.191 e. The van der Waals surface area contributed by atoms with Gasteiger partial charge in [0, 0.05) is 33.4 Å². The lowest BCUT2D eigenvalue weighted by atomic mass is 9.67. The van der Waals surface area contributed by atoms with Crippen LogP contribution in [-0.2, 0) is 4.74 Å². The Morgan fingerprint density at radius 2 is 1.89 bits per heavy atom. The Bertz CT molecular complexity index is 574. The van der Waals surface area contributed by atoms with Crippen LogP contribution in [0.5, 0.6) is 5.75 Å². The molecule has 0 aliphatic heterocycles. The Hall–Kier alpha value is -1.02. The molecule has 1 aliphatic carbocycles. The number of nitrogens with zero attached hydrogens (tertiary/aromatic N) is 1. The van der Waals surface area contributed by atoms with Crippen molar-refractivity contribution in [2.75, 3.05) is 40.5 Å². The first-order valence-corrected chi connectivity index (χ1v) is 10.3. The van der Waals surface area contributed by atoms with E-state index in [0.717, 1.165) is 50.8 Å². The third-order valence-electron chi connectivity index (χ3n) is 5.72. The molecule has 0 saturated heterocycles. The summed E-state index contributed by atoms with van der Waals surface area (Å²) in [5.74, 6) is 2.33. The predicted molar refractivity (Wildman–Crippen MR) is 128 cm³/mol. The molecule has 28 heavy (non-hydrogen) atoms. The summed E-state index contributed by atoms with van der Waals surface area (Å²) in [6.45, 7) is 7.89. The second-order valence-electron chi connectivity index (χ2n) is 7.68. The van der Waals surface area contributed by atoms with E-state index in [1.165, 1.54) is 24.8 Å². The first-order chi connectivity index (χ1) is 13.1. The molecule has 1 unspecified atom stereocenters. The first kappa shape index (κ1) is 25.0. The minimum absolute atomic E-state index is 0. The maximum atomic E-state index is 5.29. The molecule has 1 aromatic rings. The third kappa shape index (κ3) is 7.78. The van der Waals surface area contributed by atoms with Crippen LogP contribution in [0, 0.1) is 5.41 Å². The van der Waals surface area contributed by atoms with E-state index in [9.17, 15) is 0 Å². The van der Waals surface area contributed by atoms with Gasteiger partial charge in [0.25, 0.3) is 0 Å². The van der Waals surface area contributed by atoms with Crippen LogP contribution >= 0.6 is 24.0 Å². The van der Waals surface area contributed by atoms with Crippen LogP contribution in [-0.4, -0.2) is 46.4 Å². The maximum absolute atomic E-state index is 5.29. The highest BCUT2D eigenvalue weighted by atomic mass is 127. The topological polar surface area (TPSA) is 54.9 Å². The molecule has 1 atom stereocenters. The van der Waals surface area contributed by atoms with Gasteiger partial charge in [-0.3, -0.25) is 4.99 Å². The summed E-state index contributed by atoms with van der Waals surface area (Å²) in [7, 11) is 3.48. The molecule has 0 amide bonds. The molecule has 0 bridgehead atoms. The van der Waals surface area contributed by atoms with E-state index in [1.54, 1.807) is 14.2 Å². The molecule has 2 rings (SSSR count). The summed E-state index contributed by atoms with van der Waals surface area (Å²) in [4.78, 5) is 4.88. The summed E-state index contributed by atoms with van der Waals surface area (Å²) < 4.78 is 10.5. The van der Waals surface area contributed by atoms with Crippen LogP contribution < -0.4 is 15.4 Å². The Labute approximate surface area is 188 Å². The van der Waals surface area contributed by atoms with Gasteiger partial charge in [0.15, 0.2) is 5.96 Å². The largest absolute Gasteiger partial charge is 0.497 e. The fourth-order valence-electron chi connectivity index (χ4n) is 3.58.